The highest BCUT2D eigenvalue weighted by Crippen LogP contribution is 2.30. The second kappa shape index (κ2) is 6.30. The van der Waals surface area contributed by atoms with Crippen LogP contribution < -0.4 is 20.3 Å². The minimum absolute atomic E-state index is 0.167. The maximum Gasteiger partial charge on any atom is 0.252 e. The van der Waals surface area contributed by atoms with E-state index in [-0.39, 0.29) is 11.5 Å². The Hall–Kier alpha value is -2.50. The van der Waals surface area contributed by atoms with Gasteiger partial charge >= 0.3 is 0 Å². The highest BCUT2D eigenvalue weighted by atomic mass is 16.5. The van der Waals surface area contributed by atoms with Crippen LogP contribution in [0.25, 0.3) is 0 Å². The summed E-state index contributed by atoms with van der Waals surface area (Å²) in [6, 6.07) is 6.86. The van der Waals surface area contributed by atoms with E-state index in [1.165, 1.54) is 6.07 Å². The van der Waals surface area contributed by atoms with Crippen molar-refractivity contribution in [2.24, 2.45) is 0 Å². The molecule has 0 saturated carbocycles. The maximum atomic E-state index is 11.7. The first-order valence-electron chi connectivity index (χ1n) is 6.63. The number of aromatic amines is 1. The van der Waals surface area contributed by atoms with Crippen molar-refractivity contribution in [3.63, 3.8) is 0 Å². The van der Waals surface area contributed by atoms with Crippen LogP contribution in [0.5, 0.6) is 11.5 Å². The van der Waals surface area contributed by atoms with Crippen molar-refractivity contribution < 1.29 is 9.47 Å². The smallest absolute Gasteiger partial charge is 0.252 e. The van der Waals surface area contributed by atoms with Crippen molar-refractivity contribution in [1.82, 2.24) is 9.97 Å². The molecule has 0 aliphatic carbocycles. The SMILES string of the molecule is COc1ccc(OC)c(Nc2nc(C(C)C)cc(=O)[nH]2)c1. The van der Waals surface area contributed by atoms with E-state index in [0.29, 0.717) is 23.1 Å². The molecule has 0 bridgehead atoms. The molecule has 112 valence electrons. The van der Waals surface area contributed by atoms with Gasteiger partial charge in [-0.05, 0) is 18.1 Å². The number of aromatic nitrogens is 2. The lowest BCUT2D eigenvalue weighted by molar-refractivity contribution is 0.405. The van der Waals surface area contributed by atoms with Gasteiger partial charge in [0.25, 0.3) is 5.56 Å². The molecule has 0 unspecified atom stereocenters. The predicted molar refractivity (Wildman–Crippen MR) is 81.8 cm³/mol. The third-order valence-corrected chi connectivity index (χ3v) is 3.01. The first kappa shape index (κ1) is 14.9. The van der Waals surface area contributed by atoms with E-state index in [1.54, 1.807) is 32.4 Å². The van der Waals surface area contributed by atoms with Crippen LogP contribution in [0.3, 0.4) is 0 Å². The zero-order valence-corrected chi connectivity index (χ0v) is 12.6. The molecule has 0 atom stereocenters. The summed E-state index contributed by atoms with van der Waals surface area (Å²) in [7, 11) is 3.17. The van der Waals surface area contributed by atoms with Gasteiger partial charge in [-0.3, -0.25) is 9.78 Å². The Bertz CT molecular complexity index is 680. The molecule has 2 N–H and O–H groups in total. The Morgan fingerprint density at radius 3 is 2.57 bits per heavy atom. The molecule has 2 aromatic rings. The number of hydrogen-bond donors (Lipinski definition) is 2. The standard InChI is InChI=1S/C15H19N3O3/c1-9(2)11-8-14(19)18-15(16-11)17-12-7-10(20-3)5-6-13(12)21-4/h5-9H,1-4H3,(H2,16,17,18,19). The summed E-state index contributed by atoms with van der Waals surface area (Å²) in [5.74, 6) is 1.85. The number of nitrogens with zero attached hydrogens (tertiary/aromatic N) is 1. The van der Waals surface area contributed by atoms with E-state index in [1.807, 2.05) is 13.8 Å². The molecule has 6 heteroatoms. The van der Waals surface area contributed by atoms with E-state index < -0.39 is 0 Å². The third-order valence-electron chi connectivity index (χ3n) is 3.01. The summed E-state index contributed by atoms with van der Waals surface area (Å²) >= 11 is 0. The fraction of sp³-hybridized carbons (Fsp3) is 0.333. The number of hydrogen-bond acceptors (Lipinski definition) is 5. The van der Waals surface area contributed by atoms with E-state index >= 15 is 0 Å². The second-order valence-electron chi connectivity index (χ2n) is 4.86. The molecule has 0 radical (unpaired) electrons. The van der Waals surface area contributed by atoms with Crippen LogP contribution in [-0.4, -0.2) is 24.2 Å². The first-order valence-corrected chi connectivity index (χ1v) is 6.63. The number of rotatable bonds is 5. The van der Waals surface area contributed by atoms with Crippen LogP contribution in [-0.2, 0) is 0 Å². The maximum absolute atomic E-state index is 11.7. The minimum Gasteiger partial charge on any atom is -0.497 e. The van der Waals surface area contributed by atoms with Crippen LogP contribution in [0, 0.1) is 0 Å². The number of methoxy groups -OCH3 is 2. The lowest BCUT2D eigenvalue weighted by atomic mass is 10.1. The summed E-state index contributed by atoms with van der Waals surface area (Å²) in [6.45, 7) is 3.97. The van der Waals surface area contributed by atoms with Crippen LogP contribution >= 0.6 is 0 Å². The van der Waals surface area contributed by atoms with Gasteiger partial charge in [-0.25, -0.2) is 4.98 Å². The van der Waals surface area contributed by atoms with Crippen molar-refractivity contribution in [2.75, 3.05) is 19.5 Å². The van der Waals surface area contributed by atoms with Crippen molar-refractivity contribution in [1.29, 1.82) is 0 Å². The number of H-pyrrole nitrogens is 1. The molecule has 2 rings (SSSR count). The molecule has 1 heterocycles. The van der Waals surface area contributed by atoms with Crippen molar-refractivity contribution in [3.8, 4) is 11.5 Å². The molecule has 21 heavy (non-hydrogen) atoms. The zero-order chi connectivity index (χ0) is 15.4. The molecule has 1 aromatic carbocycles. The number of benzene rings is 1. The summed E-state index contributed by atoms with van der Waals surface area (Å²) in [6.07, 6.45) is 0. The molecular formula is C15H19N3O3. The van der Waals surface area contributed by atoms with E-state index in [4.69, 9.17) is 9.47 Å². The lowest BCUT2D eigenvalue weighted by Gasteiger charge is -2.13. The van der Waals surface area contributed by atoms with E-state index in [2.05, 4.69) is 15.3 Å². The van der Waals surface area contributed by atoms with Gasteiger partial charge in [0.1, 0.15) is 11.5 Å². The molecule has 0 aliphatic rings. The third kappa shape index (κ3) is 3.53. The number of nitrogens with one attached hydrogen (secondary N) is 2. The summed E-state index contributed by atoms with van der Waals surface area (Å²) in [5.41, 5.74) is 1.20. The first-order chi connectivity index (χ1) is 10.0. The topological polar surface area (TPSA) is 76.2 Å². The largest absolute Gasteiger partial charge is 0.497 e. The fourth-order valence-corrected chi connectivity index (χ4v) is 1.87. The molecule has 0 saturated heterocycles. The predicted octanol–water partition coefficient (Wildman–Crippen LogP) is 2.65. The van der Waals surface area contributed by atoms with Crippen molar-refractivity contribution in [2.45, 2.75) is 19.8 Å². The molecule has 6 nitrogen and oxygen atoms in total. The van der Waals surface area contributed by atoms with E-state index in [0.717, 1.165) is 5.69 Å². The Morgan fingerprint density at radius 1 is 1.19 bits per heavy atom. The highest BCUT2D eigenvalue weighted by molar-refractivity contribution is 5.64. The summed E-state index contributed by atoms with van der Waals surface area (Å²) in [4.78, 5) is 18.8. The average molecular weight is 289 g/mol. The van der Waals surface area contributed by atoms with Crippen molar-refractivity contribution >= 4 is 11.6 Å². The van der Waals surface area contributed by atoms with Gasteiger partial charge in [-0.2, -0.15) is 0 Å². The van der Waals surface area contributed by atoms with Gasteiger partial charge in [0.2, 0.25) is 5.95 Å². The molecule has 0 aliphatic heterocycles. The fourth-order valence-electron chi connectivity index (χ4n) is 1.87. The van der Waals surface area contributed by atoms with Crippen LogP contribution in [0.2, 0.25) is 0 Å². The highest BCUT2D eigenvalue weighted by Gasteiger charge is 2.09. The van der Waals surface area contributed by atoms with Crippen molar-refractivity contribution in [3.05, 3.63) is 40.3 Å². The van der Waals surface area contributed by atoms with Crippen LogP contribution in [0.1, 0.15) is 25.5 Å². The monoisotopic (exact) mass is 289 g/mol. The van der Waals surface area contributed by atoms with Gasteiger partial charge in [-0.1, -0.05) is 13.8 Å². The zero-order valence-electron chi connectivity index (χ0n) is 12.6. The average Bonchev–Trinajstić information content (AvgIpc) is 2.46. The van der Waals surface area contributed by atoms with Gasteiger partial charge in [0.15, 0.2) is 0 Å². The number of anilines is 2. The van der Waals surface area contributed by atoms with Gasteiger partial charge in [0.05, 0.1) is 25.6 Å². The molecule has 1 aromatic heterocycles. The Kier molecular flexibility index (Phi) is 4.47. The number of ether oxygens (including phenoxy) is 2. The minimum atomic E-state index is -0.196. The second-order valence-corrected chi connectivity index (χ2v) is 4.86. The normalized spacial score (nSPS) is 10.5. The molecule has 0 fully saturated rings. The molecule has 0 spiro atoms. The van der Waals surface area contributed by atoms with Gasteiger partial charge in [-0.15, -0.1) is 0 Å². The van der Waals surface area contributed by atoms with E-state index in [9.17, 15) is 4.79 Å². The molecular weight excluding hydrogens is 270 g/mol. The lowest BCUT2D eigenvalue weighted by Crippen LogP contribution is -2.13. The van der Waals surface area contributed by atoms with Crippen LogP contribution in [0.4, 0.5) is 11.6 Å². The van der Waals surface area contributed by atoms with Crippen LogP contribution in [0.15, 0.2) is 29.1 Å². The van der Waals surface area contributed by atoms with Gasteiger partial charge < -0.3 is 14.8 Å². The quantitative estimate of drug-likeness (QED) is 0.885. The molecule has 0 amide bonds. The Balaban J connectivity index is 2.39. The Labute approximate surface area is 123 Å². The summed E-state index contributed by atoms with van der Waals surface area (Å²) < 4.78 is 10.5. The Morgan fingerprint density at radius 2 is 1.95 bits per heavy atom. The summed E-state index contributed by atoms with van der Waals surface area (Å²) in [5, 5.41) is 3.06. The van der Waals surface area contributed by atoms with Gasteiger partial charge in [0, 0.05) is 12.1 Å².